The van der Waals surface area contributed by atoms with Gasteiger partial charge < -0.3 is 14.5 Å². The van der Waals surface area contributed by atoms with Gasteiger partial charge in [0.05, 0.1) is 0 Å². The minimum absolute atomic E-state index is 0.228. The van der Waals surface area contributed by atoms with Gasteiger partial charge in [-0.05, 0) is 45.3 Å². The Balaban J connectivity index is 3.81. The predicted octanol–water partition coefficient (Wildman–Crippen LogP) is 3.92. The maximum Gasteiger partial charge on any atom is 0.407 e. The molecule has 0 rings (SSSR count). The Morgan fingerprint density at radius 1 is 1.11 bits per heavy atom. The van der Waals surface area contributed by atoms with Crippen molar-refractivity contribution in [3.05, 3.63) is 0 Å². The Hall–Kier alpha value is -0.553. The highest BCUT2D eigenvalue weighted by Crippen LogP contribution is 2.36. The van der Waals surface area contributed by atoms with Crippen LogP contribution in [0.2, 0.25) is 18.1 Å². The molecule has 4 nitrogen and oxygen atoms in total. The van der Waals surface area contributed by atoms with Crippen LogP contribution in [-0.2, 0) is 9.16 Å². The highest BCUT2D eigenvalue weighted by atomic mass is 28.4. The van der Waals surface area contributed by atoms with Gasteiger partial charge in [0.2, 0.25) is 0 Å². The molecule has 114 valence electrons. The van der Waals surface area contributed by atoms with Gasteiger partial charge in [0, 0.05) is 13.2 Å². The quantitative estimate of drug-likeness (QED) is 0.616. The molecule has 0 saturated carbocycles. The summed E-state index contributed by atoms with van der Waals surface area (Å²) in [6, 6.07) is 0. The molecular weight excluding hydrogens is 258 g/mol. The number of ether oxygens (including phenoxy) is 1. The number of amides is 1. The Morgan fingerprint density at radius 2 is 1.63 bits per heavy atom. The van der Waals surface area contributed by atoms with Crippen LogP contribution in [0.5, 0.6) is 0 Å². The monoisotopic (exact) mass is 289 g/mol. The zero-order chi connectivity index (χ0) is 15.3. The van der Waals surface area contributed by atoms with Crippen LogP contribution >= 0.6 is 0 Å². The van der Waals surface area contributed by atoms with Gasteiger partial charge in [-0.3, -0.25) is 0 Å². The number of carbonyl (C=O) groups excluding carboxylic acids is 1. The van der Waals surface area contributed by atoms with Crippen molar-refractivity contribution in [2.24, 2.45) is 0 Å². The maximum atomic E-state index is 11.4. The van der Waals surface area contributed by atoms with Gasteiger partial charge in [0.25, 0.3) is 0 Å². The number of hydrogen-bond acceptors (Lipinski definition) is 3. The van der Waals surface area contributed by atoms with Gasteiger partial charge in [-0.2, -0.15) is 0 Å². The van der Waals surface area contributed by atoms with Crippen LogP contribution in [-0.4, -0.2) is 33.2 Å². The summed E-state index contributed by atoms with van der Waals surface area (Å²) in [5.41, 5.74) is -0.443. The molecule has 0 aromatic heterocycles. The highest BCUT2D eigenvalue weighted by Gasteiger charge is 2.36. The van der Waals surface area contributed by atoms with Gasteiger partial charge >= 0.3 is 6.09 Å². The summed E-state index contributed by atoms with van der Waals surface area (Å²) < 4.78 is 11.2. The second kappa shape index (κ2) is 6.75. The Morgan fingerprint density at radius 3 is 2.05 bits per heavy atom. The molecule has 0 saturated heterocycles. The van der Waals surface area contributed by atoms with E-state index in [1.807, 2.05) is 20.8 Å². The molecule has 0 aromatic rings. The predicted molar refractivity (Wildman–Crippen MR) is 82.0 cm³/mol. The summed E-state index contributed by atoms with van der Waals surface area (Å²) in [5.74, 6) is 0. The first kappa shape index (κ1) is 18.4. The van der Waals surface area contributed by atoms with Crippen molar-refractivity contribution in [1.29, 1.82) is 0 Å². The van der Waals surface area contributed by atoms with E-state index in [9.17, 15) is 4.79 Å². The Bertz CT molecular complexity index is 290. The van der Waals surface area contributed by atoms with Crippen LogP contribution in [0.3, 0.4) is 0 Å². The molecule has 0 atom stereocenters. The molecule has 1 N–H and O–H groups in total. The summed E-state index contributed by atoms with van der Waals surface area (Å²) in [6.45, 7) is 18.0. The molecule has 0 fully saturated rings. The first-order valence-electron chi connectivity index (χ1n) is 6.96. The van der Waals surface area contributed by atoms with Crippen molar-refractivity contribution in [2.45, 2.75) is 71.7 Å². The summed E-state index contributed by atoms with van der Waals surface area (Å²) in [6.07, 6.45) is 0.450. The van der Waals surface area contributed by atoms with E-state index >= 15 is 0 Å². The molecule has 0 radical (unpaired) electrons. The zero-order valence-corrected chi connectivity index (χ0v) is 14.8. The van der Waals surface area contributed by atoms with Gasteiger partial charge in [-0.1, -0.05) is 20.8 Å². The normalized spacial score (nSPS) is 13.3. The summed E-state index contributed by atoms with van der Waals surface area (Å²) in [4.78, 5) is 11.4. The van der Waals surface area contributed by atoms with Crippen molar-refractivity contribution in [1.82, 2.24) is 5.32 Å². The molecular formula is C14H31NO3Si. The van der Waals surface area contributed by atoms with Gasteiger partial charge in [-0.25, -0.2) is 4.79 Å². The van der Waals surface area contributed by atoms with Crippen LogP contribution in [0.25, 0.3) is 0 Å². The molecule has 19 heavy (non-hydrogen) atoms. The molecule has 0 unspecified atom stereocenters. The molecule has 0 heterocycles. The second-order valence-corrected chi connectivity index (χ2v) is 12.2. The van der Waals surface area contributed by atoms with Gasteiger partial charge in [0.15, 0.2) is 8.32 Å². The van der Waals surface area contributed by atoms with Crippen LogP contribution < -0.4 is 5.32 Å². The standard InChI is InChI=1S/C14H31NO3Si/c1-13(2,3)18-12(16)15-10-9-11-17-19(7,8)14(4,5)6/h9-11H2,1-8H3,(H,15,16). The maximum absolute atomic E-state index is 11.4. The fourth-order valence-electron chi connectivity index (χ4n) is 1.12. The Labute approximate surface area is 119 Å². The van der Waals surface area contributed by atoms with E-state index in [4.69, 9.17) is 9.16 Å². The highest BCUT2D eigenvalue weighted by molar-refractivity contribution is 6.74. The lowest BCUT2D eigenvalue weighted by Crippen LogP contribution is -2.41. The molecule has 0 aliphatic heterocycles. The molecule has 0 aliphatic rings. The number of rotatable bonds is 5. The Kier molecular flexibility index (Phi) is 6.55. The largest absolute Gasteiger partial charge is 0.444 e. The minimum atomic E-state index is -1.66. The zero-order valence-electron chi connectivity index (χ0n) is 13.8. The van der Waals surface area contributed by atoms with Crippen LogP contribution in [0.4, 0.5) is 4.79 Å². The van der Waals surface area contributed by atoms with Crippen LogP contribution in [0.1, 0.15) is 48.0 Å². The number of carbonyl (C=O) groups is 1. The third-order valence-electron chi connectivity index (χ3n) is 3.26. The smallest absolute Gasteiger partial charge is 0.407 e. The third-order valence-corrected chi connectivity index (χ3v) is 7.80. The summed E-state index contributed by atoms with van der Waals surface area (Å²) >= 11 is 0. The number of hydrogen-bond donors (Lipinski definition) is 1. The van der Waals surface area contributed by atoms with E-state index in [1.165, 1.54) is 0 Å². The molecule has 5 heteroatoms. The van der Waals surface area contributed by atoms with Crippen molar-refractivity contribution in [3.8, 4) is 0 Å². The second-order valence-electron chi connectivity index (χ2n) is 7.39. The van der Waals surface area contributed by atoms with E-state index in [0.29, 0.717) is 13.2 Å². The molecule has 0 bridgehead atoms. The molecule has 0 aromatic carbocycles. The number of alkyl carbamates (subject to hydrolysis) is 1. The average molecular weight is 289 g/mol. The third kappa shape index (κ3) is 8.26. The fourth-order valence-corrected chi connectivity index (χ4v) is 2.21. The first-order chi connectivity index (χ1) is 8.35. The summed E-state index contributed by atoms with van der Waals surface area (Å²) in [5, 5.41) is 2.97. The minimum Gasteiger partial charge on any atom is -0.444 e. The van der Waals surface area contributed by atoms with Crippen LogP contribution in [0.15, 0.2) is 0 Å². The van der Waals surface area contributed by atoms with Crippen molar-refractivity contribution < 1.29 is 14.0 Å². The lowest BCUT2D eigenvalue weighted by molar-refractivity contribution is 0.0525. The van der Waals surface area contributed by atoms with Crippen LogP contribution in [0, 0.1) is 0 Å². The molecule has 0 spiro atoms. The van der Waals surface area contributed by atoms with E-state index < -0.39 is 13.9 Å². The van der Waals surface area contributed by atoms with E-state index in [2.05, 4.69) is 39.2 Å². The van der Waals surface area contributed by atoms with Crippen molar-refractivity contribution in [2.75, 3.05) is 13.2 Å². The molecule has 1 amide bonds. The van der Waals surface area contributed by atoms with Gasteiger partial charge in [-0.15, -0.1) is 0 Å². The van der Waals surface area contributed by atoms with E-state index in [1.54, 1.807) is 0 Å². The van der Waals surface area contributed by atoms with Gasteiger partial charge in [0.1, 0.15) is 5.60 Å². The molecule has 0 aliphatic carbocycles. The van der Waals surface area contributed by atoms with E-state index in [-0.39, 0.29) is 11.1 Å². The van der Waals surface area contributed by atoms with Crippen molar-refractivity contribution >= 4 is 14.4 Å². The lowest BCUT2D eigenvalue weighted by Gasteiger charge is -2.36. The van der Waals surface area contributed by atoms with Crippen molar-refractivity contribution in [3.63, 3.8) is 0 Å². The fraction of sp³-hybridized carbons (Fsp3) is 0.929. The first-order valence-corrected chi connectivity index (χ1v) is 9.87. The SMILES string of the molecule is CC(C)(C)OC(=O)NCCCO[Si](C)(C)C(C)(C)C. The number of nitrogens with one attached hydrogen (secondary N) is 1. The summed E-state index contributed by atoms with van der Waals surface area (Å²) in [7, 11) is -1.66. The lowest BCUT2D eigenvalue weighted by atomic mass is 10.2. The topological polar surface area (TPSA) is 47.6 Å². The van der Waals surface area contributed by atoms with E-state index in [0.717, 1.165) is 6.42 Å². The average Bonchev–Trinajstić information content (AvgIpc) is 2.11.